The highest BCUT2D eigenvalue weighted by molar-refractivity contribution is 5.13. The first kappa shape index (κ1) is 10.3. The molecule has 14 heavy (non-hydrogen) atoms. The van der Waals surface area contributed by atoms with E-state index >= 15 is 0 Å². The van der Waals surface area contributed by atoms with E-state index in [-0.39, 0.29) is 0 Å². The van der Waals surface area contributed by atoms with Gasteiger partial charge in [-0.3, -0.25) is 0 Å². The Balaban J connectivity index is 2.01. The van der Waals surface area contributed by atoms with Gasteiger partial charge in [0.1, 0.15) is 0 Å². The molecule has 0 bridgehead atoms. The highest BCUT2D eigenvalue weighted by Gasteiger charge is 2.32. The van der Waals surface area contributed by atoms with Gasteiger partial charge < -0.3 is 0 Å². The molecule has 0 aromatic rings. The standard InChI is InChI=1S/C14H24/c1-10-6-4-5-7-14(10)13-8-11(2)12(3)9-13/h8,10,12-14H,4-7,9H2,1-3H3. The molecule has 0 aliphatic heterocycles. The fourth-order valence-corrected chi connectivity index (χ4v) is 3.44. The molecule has 2 rings (SSSR count). The van der Waals surface area contributed by atoms with Gasteiger partial charge in [0.2, 0.25) is 0 Å². The number of allylic oxidation sites excluding steroid dienone is 2. The third kappa shape index (κ3) is 1.89. The zero-order valence-corrected chi connectivity index (χ0v) is 9.92. The zero-order chi connectivity index (χ0) is 10.1. The molecule has 0 aromatic carbocycles. The lowest BCUT2D eigenvalue weighted by Gasteiger charge is -2.33. The van der Waals surface area contributed by atoms with Crippen molar-refractivity contribution < 1.29 is 0 Å². The summed E-state index contributed by atoms with van der Waals surface area (Å²) in [6, 6.07) is 0. The summed E-state index contributed by atoms with van der Waals surface area (Å²) in [6.07, 6.45) is 9.93. The van der Waals surface area contributed by atoms with Crippen LogP contribution in [-0.2, 0) is 0 Å². The summed E-state index contributed by atoms with van der Waals surface area (Å²) in [5.74, 6) is 3.75. The van der Waals surface area contributed by atoms with Crippen molar-refractivity contribution in [3.05, 3.63) is 11.6 Å². The van der Waals surface area contributed by atoms with Gasteiger partial charge in [0.25, 0.3) is 0 Å². The predicted molar refractivity (Wildman–Crippen MR) is 62.2 cm³/mol. The smallest absolute Gasteiger partial charge is 0.0194 e. The Kier molecular flexibility index (Phi) is 2.99. The number of hydrogen-bond donors (Lipinski definition) is 0. The summed E-state index contributed by atoms with van der Waals surface area (Å²) in [5.41, 5.74) is 1.65. The summed E-state index contributed by atoms with van der Waals surface area (Å²) in [4.78, 5) is 0. The van der Waals surface area contributed by atoms with Gasteiger partial charge in [-0.1, -0.05) is 44.8 Å². The topological polar surface area (TPSA) is 0 Å². The summed E-state index contributed by atoms with van der Waals surface area (Å²) < 4.78 is 0. The van der Waals surface area contributed by atoms with E-state index in [9.17, 15) is 0 Å². The van der Waals surface area contributed by atoms with Gasteiger partial charge in [-0.25, -0.2) is 0 Å². The fourth-order valence-electron chi connectivity index (χ4n) is 3.44. The quantitative estimate of drug-likeness (QED) is 0.540. The maximum Gasteiger partial charge on any atom is -0.0194 e. The van der Waals surface area contributed by atoms with Gasteiger partial charge in [0, 0.05) is 0 Å². The van der Waals surface area contributed by atoms with E-state index in [1.165, 1.54) is 32.1 Å². The van der Waals surface area contributed by atoms with Crippen molar-refractivity contribution >= 4 is 0 Å². The summed E-state index contributed by atoms with van der Waals surface area (Å²) in [5, 5.41) is 0. The summed E-state index contributed by atoms with van der Waals surface area (Å²) in [7, 11) is 0. The van der Waals surface area contributed by atoms with Crippen molar-refractivity contribution in [1.29, 1.82) is 0 Å². The minimum Gasteiger partial charge on any atom is -0.0819 e. The molecule has 0 spiro atoms. The highest BCUT2D eigenvalue weighted by Crippen LogP contribution is 2.42. The van der Waals surface area contributed by atoms with Gasteiger partial charge in [-0.05, 0) is 43.4 Å². The molecule has 0 aromatic heterocycles. The molecule has 1 fully saturated rings. The van der Waals surface area contributed by atoms with Crippen LogP contribution in [0.1, 0.15) is 52.9 Å². The minimum absolute atomic E-state index is 0.856. The van der Waals surface area contributed by atoms with Crippen molar-refractivity contribution in [1.82, 2.24) is 0 Å². The Morgan fingerprint density at radius 2 is 1.86 bits per heavy atom. The second-order valence-electron chi connectivity index (χ2n) is 5.64. The molecular formula is C14H24. The van der Waals surface area contributed by atoms with Crippen molar-refractivity contribution in [2.75, 3.05) is 0 Å². The average Bonchev–Trinajstić information content (AvgIpc) is 2.48. The second-order valence-corrected chi connectivity index (χ2v) is 5.64. The molecular weight excluding hydrogens is 168 g/mol. The lowest BCUT2D eigenvalue weighted by molar-refractivity contribution is 0.194. The molecule has 4 atom stereocenters. The van der Waals surface area contributed by atoms with E-state index in [1.807, 2.05) is 0 Å². The van der Waals surface area contributed by atoms with Gasteiger partial charge in [-0.15, -0.1) is 0 Å². The summed E-state index contributed by atoms with van der Waals surface area (Å²) in [6.45, 7) is 7.17. The zero-order valence-electron chi connectivity index (χ0n) is 9.92. The fraction of sp³-hybridized carbons (Fsp3) is 0.857. The SMILES string of the molecule is CC1=CC(C2CCCCC2C)CC1C. The maximum atomic E-state index is 2.58. The van der Waals surface area contributed by atoms with Crippen LogP contribution in [-0.4, -0.2) is 0 Å². The van der Waals surface area contributed by atoms with Crippen LogP contribution in [0, 0.1) is 23.7 Å². The van der Waals surface area contributed by atoms with Crippen molar-refractivity contribution in [3.8, 4) is 0 Å². The lowest BCUT2D eigenvalue weighted by Crippen LogP contribution is -2.23. The molecule has 4 unspecified atom stereocenters. The minimum atomic E-state index is 0.856. The highest BCUT2D eigenvalue weighted by atomic mass is 14.4. The molecule has 2 aliphatic carbocycles. The molecule has 0 N–H and O–H groups in total. The molecule has 0 heteroatoms. The maximum absolute atomic E-state index is 2.58. The van der Waals surface area contributed by atoms with Crippen LogP contribution in [0.4, 0.5) is 0 Å². The third-order valence-corrected chi connectivity index (χ3v) is 4.61. The molecule has 0 nitrogen and oxygen atoms in total. The van der Waals surface area contributed by atoms with E-state index in [0.29, 0.717) is 0 Å². The van der Waals surface area contributed by atoms with E-state index in [2.05, 4.69) is 26.8 Å². The van der Waals surface area contributed by atoms with Crippen LogP contribution in [0.2, 0.25) is 0 Å². The van der Waals surface area contributed by atoms with Crippen molar-refractivity contribution in [3.63, 3.8) is 0 Å². The first-order valence-electron chi connectivity index (χ1n) is 6.37. The monoisotopic (exact) mass is 192 g/mol. The van der Waals surface area contributed by atoms with E-state index in [4.69, 9.17) is 0 Å². The largest absolute Gasteiger partial charge is 0.0819 e. The van der Waals surface area contributed by atoms with Crippen LogP contribution in [0.15, 0.2) is 11.6 Å². The number of rotatable bonds is 1. The Labute approximate surface area is 88.8 Å². The Bertz CT molecular complexity index is 226. The van der Waals surface area contributed by atoms with Gasteiger partial charge in [0.05, 0.1) is 0 Å². The van der Waals surface area contributed by atoms with E-state index in [1.54, 1.807) is 5.57 Å². The third-order valence-electron chi connectivity index (χ3n) is 4.61. The van der Waals surface area contributed by atoms with Crippen LogP contribution >= 0.6 is 0 Å². The lowest BCUT2D eigenvalue weighted by atomic mass is 9.73. The molecule has 0 heterocycles. The summed E-state index contributed by atoms with van der Waals surface area (Å²) >= 11 is 0. The van der Waals surface area contributed by atoms with Crippen LogP contribution in [0.5, 0.6) is 0 Å². The van der Waals surface area contributed by atoms with Crippen molar-refractivity contribution in [2.24, 2.45) is 23.7 Å². The molecule has 80 valence electrons. The Hall–Kier alpha value is -0.260. The van der Waals surface area contributed by atoms with Crippen LogP contribution in [0.25, 0.3) is 0 Å². The molecule has 0 amide bonds. The van der Waals surface area contributed by atoms with Gasteiger partial charge in [0.15, 0.2) is 0 Å². The van der Waals surface area contributed by atoms with Crippen LogP contribution < -0.4 is 0 Å². The van der Waals surface area contributed by atoms with Crippen molar-refractivity contribution in [2.45, 2.75) is 52.9 Å². The molecule has 0 saturated heterocycles. The number of hydrogen-bond acceptors (Lipinski definition) is 0. The average molecular weight is 192 g/mol. The first-order valence-corrected chi connectivity index (χ1v) is 6.37. The van der Waals surface area contributed by atoms with Gasteiger partial charge >= 0.3 is 0 Å². The Morgan fingerprint density at radius 3 is 2.43 bits per heavy atom. The normalized spacial score (nSPS) is 43.8. The molecule has 1 saturated carbocycles. The first-order chi connectivity index (χ1) is 6.68. The van der Waals surface area contributed by atoms with Crippen LogP contribution in [0.3, 0.4) is 0 Å². The predicted octanol–water partition coefficient (Wildman–Crippen LogP) is 4.42. The second kappa shape index (κ2) is 4.08. The van der Waals surface area contributed by atoms with E-state index < -0.39 is 0 Å². The molecule has 2 aliphatic rings. The molecule has 0 radical (unpaired) electrons. The van der Waals surface area contributed by atoms with E-state index in [0.717, 1.165) is 23.7 Å². The van der Waals surface area contributed by atoms with Gasteiger partial charge in [-0.2, -0.15) is 0 Å². The Morgan fingerprint density at radius 1 is 1.14 bits per heavy atom.